The summed E-state index contributed by atoms with van der Waals surface area (Å²) in [6, 6.07) is 0. The Morgan fingerprint density at radius 3 is 1.46 bits per heavy atom. The summed E-state index contributed by atoms with van der Waals surface area (Å²) < 4.78 is 59.0. The number of hydrogen-bond acceptors (Lipinski definition) is 29. The van der Waals surface area contributed by atoms with E-state index in [9.17, 15) is 97.0 Å². The van der Waals surface area contributed by atoms with Gasteiger partial charge < -0.3 is 144 Å². The van der Waals surface area contributed by atoms with E-state index in [1.165, 1.54) is 0 Å². The van der Waals surface area contributed by atoms with Crippen molar-refractivity contribution in [2.75, 3.05) is 33.0 Å². The van der Waals surface area contributed by atoms with Crippen molar-refractivity contribution in [1.82, 2.24) is 0 Å². The molecule has 0 bridgehead atoms. The Bertz CT molecular complexity index is 2350. The predicted molar refractivity (Wildman–Crippen MR) is 300 cm³/mol. The molecule has 516 valence electrons. The van der Waals surface area contributed by atoms with Crippen LogP contribution in [0.5, 0.6) is 0 Å². The fourth-order valence-corrected chi connectivity index (χ4v) is 17.0. The van der Waals surface area contributed by atoms with Crippen molar-refractivity contribution in [2.45, 2.75) is 284 Å². The Morgan fingerprint density at radius 1 is 0.517 bits per heavy atom. The molecule has 19 N–H and O–H groups in total. The third-order valence-corrected chi connectivity index (χ3v) is 22.9. The molecule has 8 fully saturated rings. The molecule has 29 nitrogen and oxygen atoms in total. The molecule has 0 spiro atoms. The van der Waals surface area contributed by atoms with Crippen molar-refractivity contribution >= 4 is 0 Å². The monoisotopic (exact) mass is 1290 g/mol. The van der Waals surface area contributed by atoms with Crippen LogP contribution in [0.4, 0.5) is 0 Å². The number of ether oxygens (including phenoxy) is 10. The third-order valence-electron chi connectivity index (χ3n) is 22.9. The van der Waals surface area contributed by atoms with Crippen molar-refractivity contribution in [3.8, 4) is 0 Å². The van der Waals surface area contributed by atoms with Crippen molar-refractivity contribution in [2.24, 2.45) is 45.3 Å². The number of allylic oxidation sites excluding steroid dienone is 1. The second kappa shape index (κ2) is 27.6. The van der Waals surface area contributed by atoms with Crippen LogP contribution in [0.3, 0.4) is 0 Å². The van der Waals surface area contributed by atoms with Gasteiger partial charge in [0.05, 0.1) is 56.9 Å². The van der Waals surface area contributed by atoms with Gasteiger partial charge >= 0.3 is 0 Å². The van der Waals surface area contributed by atoms with E-state index in [0.29, 0.717) is 32.1 Å². The van der Waals surface area contributed by atoms with Crippen LogP contribution < -0.4 is 0 Å². The lowest BCUT2D eigenvalue weighted by molar-refractivity contribution is -0.375. The topological polar surface area (TPSA) is 477 Å². The molecule has 0 aromatic heterocycles. The Hall–Kier alpha value is -1.42. The summed E-state index contributed by atoms with van der Waals surface area (Å²) in [5.74, 6) is 0.0910. The largest absolute Gasteiger partial charge is 0.394 e. The molecule has 9 aliphatic rings. The number of rotatable bonds is 20. The van der Waals surface area contributed by atoms with Gasteiger partial charge in [-0.3, -0.25) is 0 Å². The first-order valence-corrected chi connectivity index (χ1v) is 31.6. The normalized spacial score (nSPS) is 51.8. The van der Waals surface area contributed by atoms with Crippen LogP contribution in [-0.2, 0) is 47.4 Å². The highest BCUT2D eigenvalue weighted by Crippen LogP contribution is 2.75. The fourth-order valence-electron chi connectivity index (χ4n) is 17.0. The minimum Gasteiger partial charge on any atom is -0.394 e. The molecule has 35 atom stereocenters. The molecule has 29 heteroatoms. The van der Waals surface area contributed by atoms with Crippen LogP contribution in [0, 0.1) is 45.3 Å². The maximum Gasteiger partial charge on any atom is 0.187 e. The van der Waals surface area contributed by atoms with Crippen LogP contribution in [0.2, 0.25) is 0 Å². The molecule has 0 aromatic rings. The van der Waals surface area contributed by atoms with Crippen LogP contribution in [-0.4, -0.2) is 308 Å². The Morgan fingerprint density at radius 2 is 0.955 bits per heavy atom. The van der Waals surface area contributed by atoms with E-state index >= 15 is 0 Å². The van der Waals surface area contributed by atoms with E-state index in [-0.39, 0.29) is 40.9 Å². The quantitative estimate of drug-likeness (QED) is 0.0506. The summed E-state index contributed by atoms with van der Waals surface area (Å²) in [6.07, 6.45) is -36.9. The van der Waals surface area contributed by atoms with Crippen LogP contribution in [0.15, 0.2) is 11.6 Å². The highest BCUT2D eigenvalue weighted by molar-refractivity contribution is 5.32. The summed E-state index contributed by atoms with van der Waals surface area (Å²) in [7, 11) is 0. The van der Waals surface area contributed by atoms with Gasteiger partial charge in [-0.15, -0.1) is 0 Å². The fraction of sp³-hybridized carbons (Fsp3) is 0.967. The van der Waals surface area contributed by atoms with Gasteiger partial charge in [0.15, 0.2) is 31.5 Å². The average molecular weight is 1290 g/mol. The first kappa shape index (κ1) is 71.9. The van der Waals surface area contributed by atoms with Gasteiger partial charge in [0, 0.05) is 10.8 Å². The molecular weight excluding hydrogens is 1180 g/mol. The minimum atomic E-state index is -1.87. The highest BCUT2D eigenvalue weighted by atomic mass is 16.8. The van der Waals surface area contributed by atoms with Gasteiger partial charge in [-0.05, 0) is 99.7 Å². The highest BCUT2D eigenvalue weighted by Gasteiger charge is 2.70. The van der Waals surface area contributed by atoms with Crippen LogP contribution in [0.1, 0.15) is 107 Å². The summed E-state index contributed by atoms with van der Waals surface area (Å²) in [6.45, 7) is 12.7. The molecule has 3 unspecified atom stereocenters. The molecule has 0 aromatic carbocycles. The molecular formula is C60H102O29. The molecule has 0 radical (unpaired) electrons. The van der Waals surface area contributed by atoms with Crippen LogP contribution in [0.25, 0.3) is 0 Å². The van der Waals surface area contributed by atoms with Gasteiger partial charge in [-0.1, -0.05) is 53.2 Å². The van der Waals surface area contributed by atoms with E-state index < -0.39 is 221 Å². The second-order valence-corrected chi connectivity index (χ2v) is 28.7. The van der Waals surface area contributed by atoms with Crippen molar-refractivity contribution in [3.05, 3.63) is 11.6 Å². The minimum absolute atomic E-state index is 0.0182. The maximum atomic E-state index is 12.8. The predicted octanol–water partition coefficient (Wildman–Crippen LogP) is -5.41. The molecule has 9 rings (SSSR count). The molecule has 4 aliphatic carbocycles. The van der Waals surface area contributed by atoms with E-state index in [0.717, 1.165) is 18.4 Å². The van der Waals surface area contributed by atoms with Crippen LogP contribution >= 0.6 is 0 Å². The van der Waals surface area contributed by atoms with Gasteiger partial charge in [-0.2, -0.15) is 0 Å². The van der Waals surface area contributed by atoms with E-state index in [1.54, 1.807) is 13.8 Å². The molecule has 5 heterocycles. The lowest BCUT2D eigenvalue weighted by Gasteiger charge is -2.67. The standard InChI is InChI=1S/C60H102O29/c1-23(9-13-35(57(4,5)79)88-55-50(45(74)38(67)29(20-63)84-55)89-54-49(78)42(71)37(66)28(19-62)83-54)24-15-16-58(6)32-12-10-25-26(60(32,8)33(64)17-59(24,58)7)11-14-34(56(25,2)3)87-53-48(77)44(73)40(69)31(86-53)22-81-52-47(76)43(72)39(68)30(85-52)21-80-51-46(75)41(70)36(65)27(18-61)82-51/h10,23-24,26-55,61-79H,9,11-22H2,1-8H3/t23-,24?,26?,27-,28-,29-,30-,31-,32?,33-,34+,35-,36-,37-,38-,39-,40-,41+,42+,43+,44+,45+,46-,47-,48-,49-,50-,51-,52+,53+,54+,55+,58+,59-,60+/m1/s1. The summed E-state index contributed by atoms with van der Waals surface area (Å²) >= 11 is 0. The number of fused-ring (bicyclic) bond motifs is 5. The zero-order valence-electron chi connectivity index (χ0n) is 51.8. The SMILES string of the molecule is C[C@H](CC[C@@H](O[C@@H]1O[C@H](CO)[C@@H](O)[C@H](O)[C@H]1O[C@@H]1O[C@H](CO)[C@@H](O)[C@H](O)[C@H]1O)C(C)(C)O)C1CC[C@@]2(C)C3CC=C4C(CC[C@H](O[C@@H]5O[C@H](CO[C@H]6O[C@H](CO[C@@H]7O[C@H](CO)[C@@H](O)[C@H](O)[C@H]7O)[C@@H](O)[C@H](O)[C@H]6O)[C@@H](O)[C@H](O)[C@H]5O)C4(C)C)[C@]3(C)[C@H](O)C[C@]12C. The second-order valence-electron chi connectivity index (χ2n) is 28.7. The Labute approximate surface area is 517 Å². The lowest BCUT2D eigenvalue weighted by Crippen LogP contribution is -2.65. The van der Waals surface area contributed by atoms with E-state index in [2.05, 4.69) is 33.8 Å². The zero-order valence-corrected chi connectivity index (χ0v) is 51.8. The average Bonchev–Trinajstić information content (AvgIpc) is 1.66. The Balaban J connectivity index is 0.839. The molecule has 5 saturated heterocycles. The summed E-state index contributed by atoms with van der Waals surface area (Å²) in [4.78, 5) is 0. The molecule has 5 aliphatic heterocycles. The smallest absolute Gasteiger partial charge is 0.187 e. The lowest BCUT2D eigenvalue weighted by atomic mass is 9.38. The van der Waals surface area contributed by atoms with Gasteiger partial charge in [-0.25, -0.2) is 0 Å². The molecule has 3 saturated carbocycles. The van der Waals surface area contributed by atoms with E-state index in [4.69, 9.17) is 47.4 Å². The summed E-state index contributed by atoms with van der Waals surface area (Å²) in [5, 5.41) is 205. The Kier molecular flexibility index (Phi) is 22.3. The molecule has 89 heavy (non-hydrogen) atoms. The van der Waals surface area contributed by atoms with E-state index in [1.807, 2.05) is 13.8 Å². The van der Waals surface area contributed by atoms with Crippen molar-refractivity contribution in [3.63, 3.8) is 0 Å². The maximum absolute atomic E-state index is 12.8. The molecule has 0 amide bonds. The van der Waals surface area contributed by atoms with Crippen molar-refractivity contribution < 1.29 is 144 Å². The first-order chi connectivity index (χ1) is 41.6. The number of aliphatic hydroxyl groups is 19. The summed E-state index contributed by atoms with van der Waals surface area (Å²) in [5.41, 5.74) is -2.36. The third kappa shape index (κ3) is 13.1. The number of aliphatic hydroxyl groups excluding tert-OH is 18. The first-order valence-electron chi connectivity index (χ1n) is 31.6. The van der Waals surface area contributed by atoms with Gasteiger partial charge in [0.2, 0.25) is 0 Å². The number of hydrogen-bond donors (Lipinski definition) is 19. The van der Waals surface area contributed by atoms with Crippen molar-refractivity contribution in [1.29, 1.82) is 0 Å². The van der Waals surface area contributed by atoms with Gasteiger partial charge in [0.25, 0.3) is 0 Å². The van der Waals surface area contributed by atoms with Gasteiger partial charge in [0.1, 0.15) is 122 Å². The zero-order chi connectivity index (χ0) is 65.5.